The Morgan fingerprint density at radius 1 is 1.33 bits per heavy atom. The minimum absolute atomic E-state index is 0.669. The van der Waals surface area contributed by atoms with Gasteiger partial charge in [0.25, 0.3) is 0 Å². The molecule has 2 rings (SSSR count). The average Bonchev–Trinajstić information content (AvgIpc) is 2.37. The molecule has 1 aliphatic heterocycles. The largest absolute Gasteiger partial charge is 0.344 e. The van der Waals surface area contributed by atoms with Crippen LogP contribution in [0.2, 0.25) is 19.6 Å². The molecule has 2 heterocycles. The van der Waals surface area contributed by atoms with Crippen LogP contribution in [0.4, 0.5) is 0 Å². The van der Waals surface area contributed by atoms with Crippen molar-refractivity contribution in [3.63, 3.8) is 0 Å². The number of rotatable bonds is 1. The van der Waals surface area contributed by atoms with Crippen LogP contribution in [0.15, 0.2) is 24.4 Å². The van der Waals surface area contributed by atoms with Crippen LogP contribution in [0.25, 0.3) is 6.08 Å². The van der Waals surface area contributed by atoms with E-state index in [9.17, 15) is 0 Å². The van der Waals surface area contributed by atoms with E-state index in [1.165, 1.54) is 5.69 Å². The third-order valence-electron chi connectivity index (χ3n) is 2.45. The third-order valence-corrected chi connectivity index (χ3v) is 4.69. The zero-order chi connectivity index (χ0) is 8.77. The molecule has 1 aromatic rings. The summed E-state index contributed by atoms with van der Waals surface area (Å²) in [4.78, 5) is 0. The number of fused-ring (bicyclic) bond motifs is 1. The van der Waals surface area contributed by atoms with Crippen LogP contribution in [0.1, 0.15) is 11.4 Å². The molecule has 64 valence electrons. The lowest BCUT2D eigenvalue weighted by Gasteiger charge is -2.25. The highest BCUT2D eigenvalue weighted by molar-refractivity contribution is 6.77. The van der Waals surface area contributed by atoms with Gasteiger partial charge in [0.2, 0.25) is 0 Å². The van der Waals surface area contributed by atoms with Crippen LogP contribution >= 0.6 is 0 Å². The molecule has 0 amide bonds. The van der Waals surface area contributed by atoms with Crippen LogP contribution in [-0.2, 0) is 0 Å². The zero-order valence-corrected chi connectivity index (χ0v) is 8.91. The Morgan fingerprint density at radius 2 is 2.08 bits per heavy atom. The molecule has 1 aliphatic rings. The van der Waals surface area contributed by atoms with E-state index in [4.69, 9.17) is 0 Å². The molecule has 0 radical (unpaired) electrons. The van der Waals surface area contributed by atoms with Crippen LogP contribution in [0.3, 0.4) is 0 Å². The molecule has 1 unspecified atom stereocenters. The molecule has 1 aromatic heterocycles. The number of allylic oxidation sites excluding steroid dienone is 1. The number of aromatic nitrogens is 1. The van der Waals surface area contributed by atoms with Gasteiger partial charge in [-0.1, -0.05) is 25.7 Å². The second-order valence-electron chi connectivity index (χ2n) is 4.51. The average molecular weight is 177 g/mol. The lowest BCUT2D eigenvalue weighted by molar-refractivity contribution is 0.781. The van der Waals surface area contributed by atoms with Gasteiger partial charge in [-0.15, -0.1) is 0 Å². The lowest BCUT2D eigenvalue weighted by Crippen LogP contribution is -2.32. The second-order valence-corrected chi connectivity index (χ2v) is 9.83. The van der Waals surface area contributed by atoms with E-state index in [0.29, 0.717) is 5.67 Å². The summed E-state index contributed by atoms with van der Waals surface area (Å²) < 4.78 is 2.40. The predicted molar refractivity (Wildman–Crippen MR) is 55.8 cm³/mol. The van der Waals surface area contributed by atoms with Crippen LogP contribution < -0.4 is 0 Å². The Balaban J connectivity index is 2.41. The fourth-order valence-corrected chi connectivity index (χ4v) is 3.53. The first-order chi connectivity index (χ1) is 5.59. The van der Waals surface area contributed by atoms with Crippen molar-refractivity contribution < 1.29 is 0 Å². The summed E-state index contributed by atoms with van der Waals surface area (Å²) in [6.07, 6.45) is 6.78. The summed E-state index contributed by atoms with van der Waals surface area (Å²) in [5.41, 5.74) is 2.03. The van der Waals surface area contributed by atoms with Gasteiger partial charge in [-0.2, -0.15) is 0 Å². The zero-order valence-electron chi connectivity index (χ0n) is 7.91. The number of nitrogens with zero attached hydrogens (tertiary/aromatic N) is 1. The van der Waals surface area contributed by atoms with E-state index in [1.807, 2.05) is 0 Å². The van der Waals surface area contributed by atoms with Crippen molar-refractivity contribution in [1.29, 1.82) is 0 Å². The molecule has 0 saturated carbocycles. The minimum atomic E-state index is -1.06. The summed E-state index contributed by atoms with van der Waals surface area (Å²) in [6.45, 7) is 7.24. The molecule has 1 nitrogen and oxygen atoms in total. The van der Waals surface area contributed by atoms with Crippen LogP contribution in [0, 0.1) is 0 Å². The number of hydrogen-bond acceptors (Lipinski definition) is 0. The van der Waals surface area contributed by atoms with E-state index in [0.717, 1.165) is 0 Å². The van der Waals surface area contributed by atoms with Crippen LogP contribution in [0.5, 0.6) is 0 Å². The van der Waals surface area contributed by atoms with E-state index in [1.54, 1.807) is 0 Å². The Kier molecular flexibility index (Phi) is 1.55. The molecule has 2 heteroatoms. The van der Waals surface area contributed by atoms with Gasteiger partial charge >= 0.3 is 0 Å². The molecule has 0 spiro atoms. The molecule has 0 aliphatic carbocycles. The van der Waals surface area contributed by atoms with Gasteiger partial charge in [0.1, 0.15) is 0 Å². The molecule has 0 saturated heterocycles. The summed E-state index contributed by atoms with van der Waals surface area (Å²) in [5.74, 6) is 0. The molecule has 0 fully saturated rings. The predicted octanol–water partition coefficient (Wildman–Crippen LogP) is 2.93. The van der Waals surface area contributed by atoms with Gasteiger partial charge < -0.3 is 4.57 Å². The quantitative estimate of drug-likeness (QED) is 0.581. The fourth-order valence-electron chi connectivity index (χ4n) is 1.79. The van der Waals surface area contributed by atoms with Crippen molar-refractivity contribution in [3.05, 3.63) is 30.1 Å². The highest BCUT2D eigenvalue weighted by atomic mass is 28.3. The van der Waals surface area contributed by atoms with E-state index in [2.05, 4.69) is 54.7 Å². The van der Waals surface area contributed by atoms with E-state index in [-0.39, 0.29) is 0 Å². The summed E-state index contributed by atoms with van der Waals surface area (Å²) in [6, 6.07) is 4.31. The maximum absolute atomic E-state index is 2.41. The lowest BCUT2D eigenvalue weighted by atomic mass is 10.4. The maximum Gasteiger partial charge on any atom is 0.0759 e. The third kappa shape index (κ3) is 1.07. The highest BCUT2D eigenvalue weighted by Crippen LogP contribution is 2.30. The fraction of sp³-hybridized carbons (Fsp3) is 0.400. The summed E-state index contributed by atoms with van der Waals surface area (Å²) >= 11 is 0. The molecule has 12 heavy (non-hydrogen) atoms. The normalized spacial score (nSPS) is 21.4. The Bertz CT molecular complexity index is 317. The number of hydrogen-bond donors (Lipinski definition) is 0. The van der Waals surface area contributed by atoms with Crippen molar-refractivity contribution in [2.75, 3.05) is 0 Å². The van der Waals surface area contributed by atoms with Gasteiger partial charge in [-0.3, -0.25) is 0 Å². The Morgan fingerprint density at radius 3 is 2.75 bits per heavy atom. The van der Waals surface area contributed by atoms with Crippen LogP contribution in [-0.4, -0.2) is 12.6 Å². The summed E-state index contributed by atoms with van der Waals surface area (Å²) in [7, 11) is -1.06. The van der Waals surface area contributed by atoms with Gasteiger partial charge in [-0.05, 0) is 18.2 Å². The minimum Gasteiger partial charge on any atom is -0.344 e. The molecular weight excluding hydrogens is 162 g/mol. The second kappa shape index (κ2) is 2.36. The Hall–Kier alpha value is -0.763. The SMILES string of the molecule is C[Si](C)(C)C1C=Cc2cccn21. The molecular formula is C10H15NSi. The van der Waals surface area contributed by atoms with Gasteiger partial charge in [0, 0.05) is 17.6 Å². The summed E-state index contributed by atoms with van der Waals surface area (Å²) in [5, 5.41) is 0. The van der Waals surface area contributed by atoms with Crippen molar-refractivity contribution in [1.82, 2.24) is 4.57 Å². The first kappa shape index (κ1) is 7.86. The van der Waals surface area contributed by atoms with E-state index >= 15 is 0 Å². The van der Waals surface area contributed by atoms with E-state index < -0.39 is 8.07 Å². The van der Waals surface area contributed by atoms with Gasteiger partial charge in [0.15, 0.2) is 0 Å². The van der Waals surface area contributed by atoms with Crippen molar-refractivity contribution >= 4 is 14.1 Å². The maximum atomic E-state index is 2.41. The van der Waals surface area contributed by atoms with Gasteiger partial charge in [0.05, 0.1) is 8.07 Å². The highest BCUT2D eigenvalue weighted by Gasteiger charge is 2.29. The van der Waals surface area contributed by atoms with Gasteiger partial charge in [-0.25, -0.2) is 0 Å². The molecule has 0 bridgehead atoms. The van der Waals surface area contributed by atoms with Crippen molar-refractivity contribution in [3.8, 4) is 0 Å². The molecule has 1 atom stereocenters. The van der Waals surface area contributed by atoms with Crippen molar-refractivity contribution in [2.24, 2.45) is 0 Å². The van der Waals surface area contributed by atoms with Crippen molar-refractivity contribution in [2.45, 2.75) is 25.3 Å². The topological polar surface area (TPSA) is 4.93 Å². The monoisotopic (exact) mass is 177 g/mol. The Labute approximate surface area is 74.7 Å². The molecule has 0 aromatic carbocycles. The first-order valence-corrected chi connectivity index (χ1v) is 8.02. The molecule has 0 N–H and O–H groups in total. The standard InChI is InChI=1S/C10H15NSi/c1-12(2,3)10-7-6-9-5-4-8-11(9)10/h4-8,10H,1-3H3. The smallest absolute Gasteiger partial charge is 0.0759 e. The first-order valence-electron chi connectivity index (χ1n) is 4.44.